The number of nitrogens with zero attached hydrogens (tertiary/aromatic N) is 1. The lowest BCUT2D eigenvalue weighted by atomic mass is 10.3. The third-order valence-corrected chi connectivity index (χ3v) is 2.72. The van der Waals surface area contributed by atoms with Gasteiger partial charge in [0.05, 0.1) is 5.69 Å². The van der Waals surface area contributed by atoms with E-state index < -0.39 is 0 Å². The monoisotopic (exact) mass is 318 g/mol. The first kappa shape index (κ1) is 11.9. The van der Waals surface area contributed by atoms with Crippen LogP contribution in [0.1, 0.15) is 12.6 Å². The minimum atomic E-state index is 0.751. The van der Waals surface area contributed by atoms with E-state index in [1.165, 1.54) is 0 Å². The molecule has 0 saturated heterocycles. The van der Waals surface area contributed by atoms with Crippen LogP contribution < -0.4 is 5.32 Å². The number of pyridine rings is 1. The fourth-order valence-corrected chi connectivity index (χ4v) is 2.09. The van der Waals surface area contributed by atoms with Gasteiger partial charge in [0.25, 0.3) is 0 Å². The minimum Gasteiger partial charge on any atom is -0.307 e. The summed E-state index contributed by atoms with van der Waals surface area (Å²) in [5.74, 6) is 0. The molecule has 0 radical (unpaired) electrons. The van der Waals surface area contributed by atoms with Gasteiger partial charge in [0, 0.05) is 28.2 Å². The molecule has 0 saturated carbocycles. The Morgan fingerprint density at radius 2 is 2.29 bits per heavy atom. The molecule has 14 heavy (non-hydrogen) atoms. The fourth-order valence-electron chi connectivity index (χ4n) is 0.967. The van der Waals surface area contributed by atoms with Gasteiger partial charge in [-0.05, 0) is 44.8 Å². The molecule has 0 unspecified atom stereocenters. The van der Waals surface area contributed by atoms with Crippen LogP contribution in [0.15, 0.2) is 33.4 Å². The third kappa shape index (κ3) is 3.90. The van der Waals surface area contributed by atoms with Crippen molar-refractivity contribution in [2.75, 3.05) is 6.54 Å². The Bertz CT molecular complexity index is 337. The molecule has 2 nitrogen and oxygen atoms in total. The molecule has 0 aromatic carbocycles. The second-order valence-corrected chi connectivity index (χ2v) is 4.91. The van der Waals surface area contributed by atoms with E-state index in [-0.39, 0.29) is 0 Å². The Morgan fingerprint density at radius 1 is 1.57 bits per heavy atom. The molecule has 0 aliphatic rings. The lowest BCUT2D eigenvalue weighted by Gasteiger charge is -2.05. The Balaban J connectivity index is 2.55. The Hall–Kier alpha value is -0.190. The lowest BCUT2D eigenvalue weighted by Crippen LogP contribution is -2.16. The number of nitrogens with one attached hydrogen (secondary N) is 1. The van der Waals surface area contributed by atoms with Gasteiger partial charge in [-0.15, -0.1) is 0 Å². The molecule has 0 amide bonds. The zero-order chi connectivity index (χ0) is 10.6. The average Bonchev–Trinajstić information content (AvgIpc) is 2.08. The molecule has 1 heterocycles. The maximum absolute atomic E-state index is 4.29. The summed E-state index contributed by atoms with van der Waals surface area (Å²) in [5.41, 5.74) is 2.13. The van der Waals surface area contributed by atoms with Gasteiger partial charge < -0.3 is 5.32 Å². The standard InChI is InChI=1S/C10H12Br2N2/c1-7(2)4-13-6-10-9(12)3-8(11)5-14-10/h3,5,13H,1,4,6H2,2H3. The molecule has 1 aromatic rings. The van der Waals surface area contributed by atoms with Crippen LogP contribution in [0.5, 0.6) is 0 Å². The molecule has 0 atom stereocenters. The van der Waals surface area contributed by atoms with E-state index in [1.54, 1.807) is 6.20 Å². The Kier molecular flexibility index (Phi) is 4.78. The Morgan fingerprint density at radius 3 is 2.86 bits per heavy atom. The first-order valence-corrected chi connectivity index (χ1v) is 5.83. The van der Waals surface area contributed by atoms with Crippen LogP contribution in [-0.2, 0) is 6.54 Å². The van der Waals surface area contributed by atoms with Crippen molar-refractivity contribution in [3.63, 3.8) is 0 Å². The highest BCUT2D eigenvalue weighted by Gasteiger charge is 2.01. The largest absolute Gasteiger partial charge is 0.307 e. The molecule has 4 heteroatoms. The third-order valence-electron chi connectivity index (χ3n) is 1.60. The van der Waals surface area contributed by atoms with Gasteiger partial charge in [0.15, 0.2) is 0 Å². The number of rotatable bonds is 4. The quantitative estimate of drug-likeness (QED) is 0.862. The molecule has 0 aliphatic heterocycles. The molecule has 0 fully saturated rings. The van der Waals surface area contributed by atoms with Crippen molar-refractivity contribution in [2.45, 2.75) is 13.5 Å². The smallest absolute Gasteiger partial charge is 0.0684 e. The molecule has 76 valence electrons. The maximum Gasteiger partial charge on any atom is 0.0684 e. The van der Waals surface area contributed by atoms with E-state index in [0.29, 0.717) is 0 Å². The number of hydrogen-bond donors (Lipinski definition) is 1. The van der Waals surface area contributed by atoms with Crippen LogP contribution in [0.3, 0.4) is 0 Å². The Labute approximate surface area is 101 Å². The van der Waals surface area contributed by atoms with Crippen LogP contribution in [0.2, 0.25) is 0 Å². The van der Waals surface area contributed by atoms with Gasteiger partial charge in [-0.1, -0.05) is 12.2 Å². The molecular formula is C10H12Br2N2. The van der Waals surface area contributed by atoms with Crippen molar-refractivity contribution >= 4 is 31.9 Å². The summed E-state index contributed by atoms with van der Waals surface area (Å²) >= 11 is 6.82. The molecule has 0 spiro atoms. The predicted molar refractivity (Wildman–Crippen MR) is 66.2 cm³/mol. The topological polar surface area (TPSA) is 24.9 Å². The van der Waals surface area contributed by atoms with E-state index in [2.05, 4.69) is 48.7 Å². The molecular weight excluding hydrogens is 308 g/mol. The van der Waals surface area contributed by atoms with E-state index in [4.69, 9.17) is 0 Å². The van der Waals surface area contributed by atoms with Gasteiger partial charge in [-0.2, -0.15) is 0 Å². The van der Waals surface area contributed by atoms with Gasteiger partial charge >= 0.3 is 0 Å². The van der Waals surface area contributed by atoms with Crippen molar-refractivity contribution < 1.29 is 0 Å². The van der Waals surface area contributed by atoms with Gasteiger partial charge in [-0.25, -0.2) is 0 Å². The number of aromatic nitrogens is 1. The van der Waals surface area contributed by atoms with Crippen LogP contribution in [0, 0.1) is 0 Å². The summed E-state index contributed by atoms with van der Waals surface area (Å²) in [6.45, 7) is 7.39. The lowest BCUT2D eigenvalue weighted by molar-refractivity contribution is 0.720. The highest BCUT2D eigenvalue weighted by atomic mass is 79.9. The van der Waals surface area contributed by atoms with Crippen LogP contribution in [-0.4, -0.2) is 11.5 Å². The van der Waals surface area contributed by atoms with E-state index in [9.17, 15) is 0 Å². The zero-order valence-corrected chi connectivity index (χ0v) is 11.2. The molecule has 0 aliphatic carbocycles. The summed E-state index contributed by atoms with van der Waals surface area (Å²) in [7, 11) is 0. The highest BCUT2D eigenvalue weighted by Crippen LogP contribution is 2.19. The summed E-state index contributed by atoms with van der Waals surface area (Å²) < 4.78 is 1.99. The average molecular weight is 320 g/mol. The molecule has 1 N–H and O–H groups in total. The predicted octanol–water partition coefficient (Wildman–Crippen LogP) is 3.27. The first-order valence-electron chi connectivity index (χ1n) is 4.24. The van der Waals surface area contributed by atoms with E-state index in [0.717, 1.165) is 33.3 Å². The van der Waals surface area contributed by atoms with Crippen LogP contribution >= 0.6 is 31.9 Å². The van der Waals surface area contributed by atoms with Crippen molar-refractivity contribution in [1.82, 2.24) is 10.3 Å². The second kappa shape index (κ2) is 5.63. The molecule has 1 aromatic heterocycles. The van der Waals surface area contributed by atoms with Crippen LogP contribution in [0.25, 0.3) is 0 Å². The van der Waals surface area contributed by atoms with Crippen molar-refractivity contribution in [2.24, 2.45) is 0 Å². The SMILES string of the molecule is C=C(C)CNCc1ncc(Br)cc1Br. The second-order valence-electron chi connectivity index (χ2n) is 3.14. The number of hydrogen-bond acceptors (Lipinski definition) is 2. The maximum atomic E-state index is 4.29. The summed E-state index contributed by atoms with van der Waals surface area (Å²) in [6, 6.07) is 1.99. The van der Waals surface area contributed by atoms with Crippen LogP contribution in [0.4, 0.5) is 0 Å². The van der Waals surface area contributed by atoms with Crippen molar-refractivity contribution in [3.8, 4) is 0 Å². The molecule has 1 rings (SSSR count). The van der Waals surface area contributed by atoms with Gasteiger partial charge in [0.2, 0.25) is 0 Å². The molecule has 0 bridgehead atoms. The van der Waals surface area contributed by atoms with Crippen molar-refractivity contribution in [3.05, 3.63) is 39.1 Å². The van der Waals surface area contributed by atoms with Gasteiger partial charge in [0.1, 0.15) is 0 Å². The fraction of sp³-hybridized carbons (Fsp3) is 0.300. The minimum absolute atomic E-state index is 0.751. The normalized spacial score (nSPS) is 10.2. The summed E-state index contributed by atoms with van der Waals surface area (Å²) in [4.78, 5) is 4.29. The van der Waals surface area contributed by atoms with E-state index in [1.807, 2.05) is 13.0 Å². The van der Waals surface area contributed by atoms with Gasteiger partial charge in [-0.3, -0.25) is 4.98 Å². The van der Waals surface area contributed by atoms with E-state index >= 15 is 0 Å². The van der Waals surface area contributed by atoms with Crippen molar-refractivity contribution in [1.29, 1.82) is 0 Å². The number of halogens is 2. The first-order chi connectivity index (χ1) is 6.59. The summed E-state index contributed by atoms with van der Waals surface area (Å²) in [5, 5.41) is 3.25. The zero-order valence-electron chi connectivity index (χ0n) is 7.98. The summed E-state index contributed by atoms with van der Waals surface area (Å²) in [6.07, 6.45) is 1.79. The highest BCUT2D eigenvalue weighted by molar-refractivity contribution is 9.11.